The molecule has 0 heterocycles. The Balaban J connectivity index is 2.51. The summed E-state index contributed by atoms with van der Waals surface area (Å²) in [6.07, 6.45) is 10.7. The number of nitrogens with zero attached hydrogens (tertiary/aromatic N) is 1. The predicted molar refractivity (Wildman–Crippen MR) is 97.2 cm³/mol. The Kier molecular flexibility index (Phi) is 6.49. The fraction of sp³-hybridized carbons (Fsp3) is 0.476. The highest BCUT2D eigenvalue weighted by Crippen LogP contribution is 2.44. The first-order chi connectivity index (χ1) is 11.6. The van der Waals surface area contributed by atoms with Crippen LogP contribution in [0.4, 0.5) is 0 Å². The van der Waals surface area contributed by atoms with Crippen molar-refractivity contribution in [3.63, 3.8) is 0 Å². The summed E-state index contributed by atoms with van der Waals surface area (Å²) in [6, 6.07) is 4.12. The van der Waals surface area contributed by atoms with Crippen molar-refractivity contribution in [1.82, 2.24) is 0 Å². The average Bonchev–Trinajstić information content (AvgIpc) is 2.55. The predicted octanol–water partition coefficient (Wildman–Crippen LogP) is 5.73. The van der Waals surface area contributed by atoms with Crippen LogP contribution in [-0.4, -0.2) is 5.11 Å². The van der Waals surface area contributed by atoms with Gasteiger partial charge in [-0.05, 0) is 50.7 Å². The Hall–Kier alpha value is -2.21. The molecule has 3 heteroatoms. The second kappa shape index (κ2) is 8.59. The minimum Gasteiger partial charge on any atom is -0.506 e. The molecule has 128 valence electrons. The summed E-state index contributed by atoms with van der Waals surface area (Å²) in [5, 5.41) is 20.4. The number of hydrogen-bond acceptors (Lipinski definition) is 3. The normalized spacial score (nSPS) is 17.0. The first-order valence-corrected chi connectivity index (χ1v) is 8.86. The molecule has 0 bridgehead atoms. The summed E-state index contributed by atoms with van der Waals surface area (Å²) in [6.45, 7) is 7.91. The summed E-state index contributed by atoms with van der Waals surface area (Å²) in [7, 11) is 0. The molecule has 0 aromatic heterocycles. The van der Waals surface area contributed by atoms with Gasteiger partial charge in [-0.3, -0.25) is 0 Å². The molecule has 1 N–H and O–H groups in total. The van der Waals surface area contributed by atoms with Gasteiger partial charge < -0.3 is 9.84 Å². The maximum absolute atomic E-state index is 10.8. The van der Waals surface area contributed by atoms with Crippen LogP contribution in [0.15, 0.2) is 30.6 Å². The first kappa shape index (κ1) is 18.1. The lowest BCUT2D eigenvalue weighted by molar-refractivity contribution is 0.431. The minimum atomic E-state index is 0.0827. The van der Waals surface area contributed by atoms with E-state index in [0.29, 0.717) is 11.3 Å². The van der Waals surface area contributed by atoms with Crippen molar-refractivity contribution in [2.75, 3.05) is 0 Å². The summed E-state index contributed by atoms with van der Waals surface area (Å²) in [5.41, 5.74) is 3.31. The van der Waals surface area contributed by atoms with Crippen LogP contribution in [0.2, 0.25) is 0 Å². The van der Waals surface area contributed by atoms with Crippen LogP contribution in [0, 0.1) is 11.3 Å². The number of phenols is 1. The third-order valence-corrected chi connectivity index (χ3v) is 4.70. The Labute approximate surface area is 145 Å². The van der Waals surface area contributed by atoms with E-state index in [0.717, 1.165) is 56.1 Å². The van der Waals surface area contributed by atoms with Crippen LogP contribution in [0.1, 0.15) is 75.0 Å². The number of unbranched alkanes of at least 4 members (excludes halogenated alkanes) is 2. The van der Waals surface area contributed by atoms with E-state index in [2.05, 4.69) is 32.6 Å². The number of benzene rings is 1. The van der Waals surface area contributed by atoms with Crippen LogP contribution in [0.25, 0.3) is 0 Å². The summed E-state index contributed by atoms with van der Waals surface area (Å²) >= 11 is 0. The molecule has 0 saturated heterocycles. The summed E-state index contributed by atoms with van der Waals surface area (Å²) in [4.78, 5) is 0. The van der Waals surface area contributed by atoms with Gasteiger partial charge in [0.05, 0.1) is 11.8 Å². The number of rotatable bonds is 7. The van der Waals surface area contributed by atoms with Crippen LogP contribution >= 0.6 is 0 Å². The zero-order chi connectivity index (χ0) is 17.5. The van der Waals surface area contributed by atoms with Gasteiger partial charge >= 0.3 is 0 Å². The van der Waals surface area contributed by atoms with E-state index in [1.807, 2.05) is 6.07 Å². The number of ether oxygens (including phenoxy) is 1. The number of aromatic hydroxyl groups is 1. The highest BCUT2D eigenvalue weighted by atomic mass is 16.5. The molecule has 24 heavy (non-hydrogen) atoms. The standard InChI is InChI=1S/C21H27NO2/c1-4-6-7-10-16-13-19(24-5-2)20(21(23)18(16)14-22)17-11-8-9-15(3)12-17/h5,12-13,17,23H,2,4,6-11H2,1,3H3. The van der Waals surface area contributed by atoms with Gasteiger partial charge in [-0.1, -0.05) is 38.0 Å². The summed E-state index contributed by atoms with van der Waals surface area (Å²) in [5.74, 6) is 0.800. The van der Waals surface area contributed by atoms with Crippen molar-refractivity contribution in [1.29, 1.82) is 5.26 Å². The molecule has 0 amide bonds. The molecule has 0 saturated carbocycles. The molecule has 1 aliphatic carbocycles. The van der Waals surface area contributed by atoms with Crippen molar-refractivity contribution in [3.05, 3.63) is 47.2 Å². The zero-order valence-corrected chi connectivity index (χ0v) is 14.8. The molecular formula is C21H27NO2. The zero-order valence-electron chi connectivity index (χ0n) is 14.8. The van der Waals surface area contributed by atoms with E-state index in [1.165, 1.54) is 11.8 Å². The molecule has 0 radical (unpaired) electrons. The SMILES string of the molecule is C=COc1cc(CCCCC)c(C#N)c(O)c1C1C=C(C)CCC1. The van der Waals surface area contributed by atoms with Gasteiger partial charge in [-0.15, -0.1) is 0 Å². The second-order valence-corrected chi connectivity index (χ2v) is 6.54. The molecule has 1 atom stereocenters. The maximum atomic E-state index is 10.8. The van der Waals surface area contributed by atoms with Gasteiger partial charge in [0.15, 0.2) is 0 Å². The molecule has 0 aliphatic heterocycles. The lowest BCUT2D eigenvalue weighted by atomic mass is 9.83. The molecule has 0 spiro atoms. The first-order valence-electron chi connectivity index (χ1n) is 8.86. The van der Waals surface area contributed by atoms with Gasteiger partial charge in [-0.2, -0.15) is 5.26 Å². The van der Waals surface area contributed by atoms with E-state index >= 15 is 0 Å². The second-order valence-electron chi connectivity index (χ2n) is 6.54. The Morgan fingerprint density at radius 3 is 2.88 bits per heavy atom. The molecule has 1 aromatic rings. The maximum Gasteiger partial charge on any atom is 0.141 e. The highest BCUT2D eigenvalue weighted by molar-refractivity contribution is 5.61. The fourth-order valence-corrected chi connectivity index (χ4v) is 3.48. The number of allylic oxidation sites excluding steroid dienone is 2. The number of nitriles is 1. The van der Waals surface area contributed by atoms with E-state index < -0.39 is 0 Å². The average molecular weight is 325 g/mol. The lowest BCUT2D eigenvalue weighted by Gasteiger charge is -2.24. The highest BCUT2D eigenvalue weighted by Gasteiger charge is 2.25. The summed E-state index contributed by atoms with van der Waals surface area (Å²) < 4.78 is 5.62. The fourth-order valence-electron chi connectivity index (χ4n) is 3.48. The van der Waals surface area contributed by atoms with Crippen LogP contribution < -0.4 is 4.74 Å². The van der Waals surface area contributed by atoms with Crippen molar-refractivity contribution in [2.24, 2.45) is 0 Å². The quantitative estimate of drug-likeness (QED) is 0.395. The van der Waals surface area contributed by atoms with Gasteiger partial charge in [0.25, 0.3) is 0 Å². The van der Waals surface area contributed by atoms with Gasteiger partial charge in [0.1, 0.15) is 17.6 Å². The molecule has 0 fully saturated rings. The van der Waals surface area contributed by atoms with Crippen molar-refractivity contribution in [2.45, 2.75) is 64.7 Å². The Bertz CT molecular complexity index is 667. The third-order valence-electron chi connectivity index (χ3n) is 4.70. The van der Waals surface area contributed by atoms with Crippen molar-refractivity contribution >= 4 is 0 Å². The van der Waals surface area contributed by atoms with E-state index in [4.69, 9.17) is 4.74 Å². The molecule has 1 unspecified atom stereocenters. The third kappa shape index (κ3) is 4.00. The number of hydrogen-bond donors (Lipinski definition) is 1. The molecule has 1 aromatic carbocycles. The topological polar surface area (TPSA) is 53.2 Å². The largest absolute Gasteiger partial charge is 0.506 e. The van der Waals surface area contributed by atoms with Crippen LogP contribution in [0.3, 0.4) is 0 Å². The molecule has 1 aliphatic rings. The van der Waals surface area contributed by atoms with Crippen molar-refractivity contribution < 1.29 is 9.84 Å². The number of aryl methyl sites for hydroxylation is 1. The van der Waals surface area contributed by atoms with E-state index in [1.54, 1.807) is 0 Å². The van der Waals surface area contributed by atoms with Gasteiger partial charge in [0, 0.05) is 11.5 Å². The monoisotopic (exact) mass is 325 g/mol. The van der Waals surface area contributed by atoms with Crippen molar-refractivity contribution in [3.8, 4) is 17.6 Å². The van der Waals surface area contributed by atoms with E-state index in [-0.39, 0.29) is 11.7 Å². The molecule has 3 nitrogen and oxygen atoms in total. The van der Waals surface area contributed by atoms with Gasteiger partial charge in [0.2, 0.25) is 0 Å². The Morgan fingerprint density at radius 2 is 2.25 bits per heavy atom. The molecule has 2 rings (SSSR count). The smallest absolute Gasteiger partial charge is 0.141 e. The number of phenolic OH excluding ortho intramolecular Hbond substituents is 1. The minimum absolute atomic E-state index is 0.0827. The van der Waals surface area contributed by atoms with Crippen LogP contribution in [-0.2, 0) is 6.42 Å². The lowest BCUT2D eigenvalue weighted by Crippen LogP contribution is -2.07. The molecular weight excluding hydrogens is 298 g/mol. The van der Waals surface area contributed by atoms with Gasteiger partial charge in [-0.25, -0.2) is 0 Å². The Morgan fingerprint density at radius 1 is 1.46 bits per heavy atom. The van der Waals surface area contributed by atoms with E-state index in [9.17, 15) is 10.4 Å². The van der Waals surface area contributed by atoms with Crippen LogP contribution in [0.5, 0.6) is 11.5 Å².